The van der Waals surface area contributed by atoms with E-state index in [1.165, 1.54) is 6.92 Å². The monoisotopic (exact) mass is 422 g/mol. The summed E-state index contributed by atoms with van der Waals surface area (Å²) in [5.41, 5.74) is 1.99. The highest BCUT2D eigenvalue weighted by Gasteiger charge is 2.09. The van der Waals surface area contributed by atoms with E-state index in [-0.39, 0.29) is 5.97 Å². The zero-order valence-electron chi connectivity index (χ0n) is 17.7. The van der Waals surface area contributed by atoms with Crippen LogP contribution in [0.4, 0.5) is 0 Å². The third-order valence-electron chi connectivity index (χ3n) is 3.83. The first-order valence-electron chi connectivity index (χ1n) is 9.80. The zero-order valence-corrected chi connectivity index (χ0v) is 19.3. The maximum atomic E-state index is 11.4. The molecule has 0 aliphatic heterocycles. The van der Waals surface area contributed by atoms with Crippen LogP contribution in [0.5, 0.6) is 5.75 Å². The highest BCUT2D eigenvalue weighted by Crippen LogP contribution is 2.24. The number of carbonyl (C=O) groups excluding carboxylic acids is 1. The normalized spacial score (nSPS) is 11.5. The Morgan fingerprint density at radius 1 is 1.18 bits per heavy atom. The third-order valence-corrected chi connectivity index (χ3v) is 5.11. The van der Waals surface area contributed by atoms with Gasteiger partial charge in [-0.2, -0.15) is 5.10 Å². The molecule has 0 saturated heterocycles. The number of halogens is 1. The zero-order chi connectivity index (χ0) is 21.1. The second-order valence-electron chi connectivity index (χ2n) is 5.68. The number of nitrogens with zero attached hydrogens (tertiary/aromatic N) is 2. The number of aromatic nitrogens is 2. The van der Waals surface area contributed by atoms with Crippen molar-refractivity contribution in [3.8, 4) is 5.75 Å². The molecule has 0 spiro atoms. The lowest BCUT2D eigenvalue weighted by molar-refractivity contribution is -0.131. The smallest absolute Gasteiger partial charge is 0.308 e. The number of benzene rings is 1. The first-order chi connectivity index (χ1) is 13.6. The molecule has 2 aromatic rings. The summed E-state index contributed by atoms with van der Waals surface area (Å²) in [6, 6.07) is 6.12. The van der Waals surface area contributed by atoms with Crippen LogP contribution in [0.1, 0.15) is 58.8 Å². The summed E-state index contributed by atoms with van der Waals surface area (Å²) in [7, 11) is 1.92. The lowest BCUT2D eigenvalue weighted by Crippen LogP contribution is -2.29. The van der Waals surface area contributed by atoms with Crippen molar-refractivity contribution >= 4 is 41.5 Å². The molecule has 0 N–H and O–H groups in total. The van der Waals surface area contributed by atoms with E-state index in [9.17, 15) is 4.79 Å². The Balaban J connectivity index is 0.000000921. The van der Waals surface area contributed by atoms with E-state index in [1.54, 1.807) is 11.8 Å². The minimum absolute atomic E-state index is 0.295. The van der Waals surface area contributed by atoms with Gasteiger partial charge in [-0.15, -0.1) is 23.4 Å². The van der Waals surface area contributed by atoms with Gasteiger partial charge in [0.05, 0.1) is 11.6 Å². The number of alkyl halides is 1. The lowest BCUT2D eigenvalue weighted by atomic mass is 10.1. The van der Waals surface area contributed by atoms with E-state index in [0.717, 1.165) is 45.3 Å². The SMILES string of the molecule is CC.CC.CC(=O)Oc1cc(SCc2cc(CCl)nn2C)cc2c1=CCCC=2. The van der Waals surface area contributed by atoms with Gasteiger partial charge >= 0.3 is 5.97 Å². The van der Waals surface area contributed by atoms with Crippen molar-refractivity contribution in [2.75, 3.05) is 0 Å². The topological polar surface area (TPSA) is 44.1 Å². The summed E-state index contributed by atoms with van der Waals surface area (Å²) < 4.78 is 7.27. The maximum absolute atomic E-state index is 11.4. The van der Waals surface area contributed by atoms with Crippen molar-refractivity contribution in [2.24, 2.45) is 7.05 Å². The Hall–Kier alpha value is -1.72. The second kappa shape index (κ2) is 12.7. The van der Waals surface area contributed by atoms with E-state index in [0.29, 0.717) is 11.6 Å². The highest BCUT2D eigenvalue weighted by atomic mass is 35.5. The van der Waals surface area contributed by atoms with Crippen molar-refractivity contribution in [2.45, 2.75) is 64.0 Å². The van der Waals surface area contributed by atoms with Gasteiger partial charge in [0.2, 0.25) is 0 Å². The summed E-state index contributed by atoms with van der Waals surface area (Å²) in [6.45, 7) is 9.43. The van der Waals surface area contributed by atoms with Gasteiger partial charge in [0.25, 0.3) is 0 Å². The standard InChI is InChI=1S/C18H19ClN2O2S.2C2H6/c1-12(22)23-18-9-16(7-13-5-3-4-6-17(13)18)24-11-15-8-14(10-19)20-21(15)2;2*1-2/h5-9H,3-4,10-11H2,1-2H3;2*1-2H3. The fourth-order valence-corrected chi connectivity index (χ4v) is 3.84. The lowest BCUT2D eigenvalue weighted by Gasteiger charge is -2.10. The van der Waals surface area contributed by atoms with Gasteiger partial charge in [0.15, 0.2) is 0 Å². The van der Waals surface area contributed by atoms with Gasteiger partial charge in [-0.25, -0.2) is 0 Å². The van der Waals surface area contributed by atoms with Gasteiger partial charge in [0.1, 0.15) is 5.75 Å². The van der Waals surface area contributed by atoms with E-state index in [4.69, 9.17) is 16.3 Å². The van der Waals surface area contributed by atoms with E-state index < -0.39 is 0 Å². The minimum atomic E-state index is -0.295. The predicted molar refractivity (Wildman–Crippen MR) is 120 cm³/mol. The molecule has 0 amide bonds. The van der Waals surface area contributed by atoms with Crippen LogP contribution in [0.25, 0.3) is 12.2 Å². The molecule has 1 aliphatic rings. The molecule has 1 aromatic heterocycles. The highest BCUT2D eigenvalue weighted by molar-refractivity contribution is 7.98. The van der Waals surface area contributed by atoms with Crippen LogP contribution in [0.2, 0.25) is 0 Å². The van der Waals surface area contributed by atoms with Crippen LogP contribution >= 0.6 is 23.4 Å². The molecule has 0 fully saturated rings. The van der Waals surface area contributed by atoms with Crippen LogP contribution < -0.4 is 15.2 Å². The Morgan fingerprint density at radius 3 is 2.46 bits per heavy atom. The average molecular weight is 423 g/mol. The quantitative estimate of drug-likeness (QED) is 0.301. The summed E-state index contributed by atoms with van der Waals surface area (Å²) in [5.74, 6) is 1.54. The van der Waals surface area contributed by atoms with E-state index in [2.05, 4.69) is 23.3 Å². The fraction of sp³-hybridized carbons (Fsp3) is 0.455. The van der Waals surface area contributed by atoms with Crippen LogP contribution in [0.3, 0.4) is 0 Å². The molecule has 0 radical (unpaired) electrons. The van der Waals surface area contributed by atoms with Crippen LogP contribution in [0.15, 0.2) is 23.1 Å². The second-order valence-corrected chi connectivity index (χ2v) is 6.99. The Labute approximate surface area is 177 Å². The van der Waals surface area contributed by atoms with Crippen LogP contribution in [-0.2, 0) is 23.5 Å². The van der Waals surface area contributed by atoms with Crippen molar-refractivity contribution in [1.82, 2.24) is 9.78 Å². The van der Waals surface area contributed by atoms with E-state index in [1.807, 2.05) is 51.6 Å². The molecule has 1 aromatic carbocycles. The predicted octanol–water partition coefficient (Wildman–Crippen LogP) is 4.78. The van der Waals surface area contributed by atoms with Gasteiger partial charge < -0.3 is 4.74 Å². The molecular formula is C22H31ClN2O2S. The molecule has 4 nitrogen and oxygen atoms in total. The first-order valence-corrected chi connectivity index (χ1v) is 11.3. The van der Waals surface area contributed by atoms with Crippen molar-refractivity contribution in [1.29, 1.82) is 0 Å². The number of rotatable bonds is 5. The number of thioether (sulfide) groups is 1. The maximum Gasteiger partial charge on any atom is 0.308 e. The molecule has 154 valence electrons. The minimum Gasteiger partial charge on any atom is -0.426 e. The van der Waals surface area contributed by atoms with Crippen LogP contribution in [0, 0.1) is 0 Å². The molecule has 3 rings (SSSR count). The Morgan fingerprint density at radius 2 is 1.86 bits per heavy atom. The average Bonchev–Trinajstić information content (AvgIpc) is 3.09. The molecular weight excluding hydrogens is 392 g/mol. The fourth-order valence-electron chi connectivity index (χ4n) is 2.73. The summed E-state index contributed by atoms with van der Waals surface area (Å²) >= 11 is 7.54. The first kappa shape index (κ1) is 24.3. The Bertz CT molecular complexity index is 891. The number of esters is 1. The molecule has 1 aliphatic carbocycles. The third kappa shape index (κ3) is 6.71. The molecule has 0 atom stereocenters. The number of carbonyl (C=O) groups is 1. The molecule has 0 unspecified atom stereocenters. The van der Waals surface area contributed by atoms with Crippen molar-refractivity contribution < 1.29 is 9.53 Å². The van der Waals surface area contributed by atoms with Gasteiger partial charge in [-0.1, -0.05) is 39.8 Å². The largest absolute Gasteiger partial charge is 0.426 e. The van der Waals surface area contributed by atoms with Crippen molar-refractivity contribution in [3.63, 3.8) is 0 Å². The van der Waals surface area contributed by atoms with Gasteiger partial charge in [-0.05, 0) is 36.3 Å². The molecule has 28 heavy (non-hydrogen) atoms. The number of fused-ring (bicyclic) bond motifs is 1. The summed E-state index contributed by atoms with van der Waals surface area (Å²) in [6.07, 6.45) is 6.32. The summed E-state index contributed by atoms with van der Waals surface area (Å²) in [4.78, 5) is 12.5. The molecule has 6 heteroatoms. The molecule has 0 saturated carbocycles. The number of hydrogen-bond acceptors (Lipinski definition) is 4. The van der Waals surface area contributed by atoms with Crippen molar-refractivity contribution in [3.05, 3.63) is 40.0 Å². The summed E-state index contributed by atoms with van der Waals surface area (Å²) in [5, 5.41) is 6.51. The number of aryl methyl sites for hydroxylation is 1. The molecule has 1 heterocycles. The van der Waals surface area contributed by atoms with Gasteiger partial charge in [0, 0.05) is 35.5 Å². The molecule has 0 bridgehead atoms. The van der Waals surface area contributed by atoms with Crippen LogP contribution in [-0.4, -0.2) is 15.7 Å². The number of hydrogen-bond donors (Lipinski definition) is 0. The Kier molecular flexibility index (Phi) is 11.0. The van der Waals surface area contributed by atoms with E-state index >= 15 is 0 Å². The number of ether oxygens (including phenoxy) is 1. The van der Waals surface area contributed by atoms with Gasteiger partial charge in [-0.3, -0.25) is 9.48 Å².